The van der Waals surface area contributed by atoms with Crippen LogP contribution in [-0.2, 0) is 6.54 Å². The second-order valence-electron chi connectivity index (χ2n) is 7.27. The van der Waals surface area contributed by atoms with Crippen molar-refractivity contribution < 1.29 is 9.21 Å². The Morgan fingerprint density at radius 3 is 2.50 bits per heavy atom. The number of benzene rings is 1. The zero-order valence-electron chi connectivity index (χ0n) is 17.5. The van der Waals surface area contributed by atoms with Crippen molar-refractivity contribution >= 4 is 35.8 Å². The van der Waals surface area contributed by atoms with Crippen molar-refractivity contribution in [1.82, 2.24) is 15.5 Å². The molecule has 1 amide bonds. The van der Waals surface area contributed by atoms with E-state index in [0.29, 0.717) is 12.1 Å². The molecule has 2 heterocycles. The molecule has 30 heavy (non-hydrogen) atoms. The van der Waals surface area contributed by atoms with Crippen molar-refractivity contribution in [1.29, 1.82) is 0 Å². The number of piperidine rings is 1. The van der Waals surface area contributed by atoms with Gasteiger partial charge in [-0.1, -0.05) is 18.6 Å². The van der Waals surface area contributed by atoms with Gasteiger partial charge in [0.15, 0.2) is 5.96 Å². The van der Waals surface area contributed by atoms with Gasteiger partial charge in [-0.05, 0) is 62.7 Å². The maximum Gasteiger partial charge on any atom is 0.248 e. The largest absolute Gasteiger partial charge is 0.468 e. The molecule has 1 fully saturated rings. The predicted octanol–water partition coefficient (Wildman–Crippen LogP) is 3.28. The molecule has 2 aromatic rings. The number of hydrogen-bond donors (Lipinski definition) is 3. The number of furan rings is 1. The Morgan fingerprint density at radius 1 is 1.17 bits per heavy atom. The summed E-state index contributed by atoms with van der Waals surface area (Å²) < 4.78 is 5.72. The lowest BCUT2D eigenvalue weighted by Gasteiger charge is -2.33. The summed E-state index contributed by atoms with van der Waals surface area (Å²) in [5.41, 5.74) is 6.82. The number of halogens is 1. The average molecular weight is 525 g/mol. The van der Waals surface area contributed by atoms with E-state index in [9.17, 15) is 4.79 Å². The monoisotopic (exact) mass is 525 g/mol. The molecule has 1 unspecified atom stereocenters. The summed E-state index contributed by atoms with van der Waals surface area (Å²) in [6, 6.07) is 11.4. The number of carbonyl (C=O) groups is 1. The van der Waals surface area contributed by atoms with Crippen LogP contribution in [0.15, 0.2) is 52.1 Å². The third kappa shape index (κ3) is 7.02. The van der Waals surface area contributed by atoms with Crippen molar-refractivity contribution in [3.8, 4) is 0 Å². The smallest absolute Gasteiger partial charge is 0.248 e. The Balaban J connectivity index is 0.00000320. The molecule has 1 aliphatic rings. The topological polar surface area (TPSA) is 95.9 Å². The van der Waals surface area contributed by atoms with Gasteiger partial charge in [0.05, 0.1) is 18.8 Å². The first-order valence-electron chi connectivity index (χ1n) is 10.4. The molecule has 7 nitrogen and oxygen atoms in total. The molecule has 1 atom stereocenters. The van der Waals surface area contributed by atoms with Gasteiger partial charge in [-0.15, -0.1) is 24.0 Å². The number of nitrogens with zero attached hydrogens (tertiary/aromatic N) is 2. The summed E-state index contributed by atoms with van der Waals surface area (Å²) in [5, 5.41) is 6.77. The van der Waals surface area contributed by atoms with Crippen LogP contribution < -0.4 is 16.4 Å². The first-order chi connectivity index (χ1) is 14.2. The summed E-state index contributed by atoms with van der Waals surface area (Å²) >= 11 is 0. The van der Waals surface area contributed by atoms with Crippen LogP contribution in [0.5, 0.6) is 0 Å². The highest BCUT2D eigenvalue weighted by atomic mass is 127. The van der Waals surface area contributed by atoms with E-state index >= 15 is 0 Å². The fourth-order valence-electron chi connectivity index (χ4n) is 3.60. The van der Waals surface area contributed by atoms with Gasteiger partial charge in [0.2, 0.25) is 5.91 Å². The molecule has 0 aliphatic carbocycles. The molecule has 0 radical (unpaired) electrons. The number of carbonyl (C=O) groups excluding carboxylic acids is 1. The van der Waals surface area contributed by atoms with Gasteiger partial charge in [-0.3, -0.25) is 9.69 Å². The number of nitrogens with one attached hydrogen (secondary N) is 2. The van der Waals surface area contributed by atoms with E-state index in [2.05, 4.69) is 20.5 Å². The Morgan fingerprint density at radius 2 is 1.90 bits per heavy atom. The normalized spacial score (nSPS) is 15.8. The van der Waals surface area contributed by atoms with E-state index in [4.69, 9.17) is 10.2 Å². The van der Waals surface area contributed by atoms with Crippen LogP contribution >= 0.6 is 24.0 Å². The van der Waals surface area contributed by atoms with Gasteiger partial charge in [-0.2, -0.15) is 0 Å². The van der Waals surface area contributed by atoms with E-state index in [1.54, 1.807) is 18.4 Å². The highest BCUT2D eigenvalue weighted by Gasteiger charge is 2.24. The van der Waals surface area contributed by atoms with E-state index in [1.165, 1.54) is 19.3 Å². The average Bonchev–Trinajstić information content (AvgIpc) is 3.27. The number of hydrogen-bond acceptors (Lipinski definition) is 4. The molecular weight excluding hydrogens is 493 g/mol. The first-order valence-corrected chi connectivity index (χ1v) is 10.4. The third-order valence-electron chi connectivity index (χ3n) is 5.17. The fraction of sp³-hybridized carbons (Fsp3) is 0.455. The first kappa shape index (κ1) is 24.2. The van der Waals surface area contributed by atoms with Crippen molar-refractivity contribution in [2.24, 2.45) is 10.7 Å². The Labute approximate surface area is 195 Å². The quantitative estimate of drug-likeness (QED) is 0.279. The maximum atomic E-state index is 11.2. The highest BCUT2D eigenvalue weighted by Crippen LogP contribution is 2.24. The Hall–Kier alpha value is -2.07. The molecule has 0 bridgehead atoms. The molecule has 1 saturated heterocycles. The Kier molecular flexibility index (Phi) is 10.2. The lowest BCUT2D eigenvalue weighted by Crippen LogP contribution is -2.44. The van der Waals surface area contributed by atoms with Crippen LogP contribution in [0.25, 0.3) is 0 Å². The zero-order chi connectivity index (χ0) is 20.5. The maximum absolute atomic E-state index is 11.2. The van der Waals surface area contributed by atoms with Gasteiger partial charge in [0, 0.05) is 18.7 Å². The van der Waals surface area contributed by atoms with Gasteiger partial charge in [-0.25, -0.2) is 4.99 Å². The number of nitrogens with two attached hydrogens (primary N) is 1. The van der Waals surface area contributed by atoms with Crippen LogP contribution in [0.4, 0.5) is 0 Å². The summed E-state index contributed by atoms with van der Waals surface area (Å²) in [5.74, 6) is 1.33. The zero-order valence-corrected chi connectivity index (χ0v) is 19.8. The lowest BCUT2D eigenvalue weighted by molar-refractivity contribution is 0.100. The summed E-state index contributed by atoms with van der Waals surface area (Å²) in [4.78, 5) is 18.4. The lowest BCUT2D eigenvalue weighted by atomic mass is 10.1. The predicted molar refractivity (Wildman–Crippen MR) is 130 cm³/mol. The molecule has 3 rings (SSSR count). The minimum Gasteiger partial charge on any atom is -0.468 e. The number of guanidine groups is 1. The highest BCUT2D eigenvalue weighted by molar-refractivity contribution is 14.0. The minimum atomic E-state index is -0.420. The van der Waals surface area contributed by atoms with Gasteiger partial charge in [0.1, 0.15) is 5.76 Å². The van der Waals surface area contributed by atoms with E-state index in [-0.39, 0.29) is 30.0 Å². The van der Waals surface area contributed by atoms with Gasteiger partial charge >= 0.3 is 0 Å². The van der Waals surface area contributed by atoms with Gasteiger partial charge in [0.25, 0.3) is 0 Å². The SMILES string of the molecule is CCNC(=NCc1ccc(C(N)=O)cc1)NCC(c1ccco1)N1CCCCC1.I. The van der Waals surface area contributed by atoms with Crippen LogP contribution in [0.2, 0.25) is 0 Å². The number of likely N-dealkylation sites (tertiary alicyclic amines) is 1. The number of primary amides is 1. The molecule has 1 aromatic carbocycles. The van der Waals surface area contributed by atoms with E-state index in [0.717, 1.165) is 43.5 Å². The van der Waals surface area contributed by atoms with Crippen LogP contribution in [0, 0.1) is 0 Å². The summed E-state index contributed by atoms with van der Waals surface area (Å²) in [7, 11) is 0. The van der Waals surface area contributed by atoms with Crippen molar-refractivity contribution in [2.45, 2.75) is 38.8 Å². The minimum absolute atomic E-state index is 0. The van der Waals surface area contributed by atoms with Crippen molar-refractivity contribution in [3.05, 3.63) is 59.5 Å². The van der Waals surface area contributed by atoms with Crippen molar-refractivity contribution in [2.75, 3.05) is 26.2 Å². The third-order valence-corrected chi connectivity index (χ3v) is 5.17. The summed E-state index contributed by atoms with van der Waals surface area (Å²) in [6.45, 7) is 6.25. The fourth-order valence-corrected chi connectivity index (χ4v) is 3.60. The number of aliphatic imine (C=N–C) groups is 1. The number of rotatable bonds is 8. The van der Waals surface area contributed by atoms with Crippen molar-refractivity contribution in [3.63, 3.8) is 0 Å². The second-order valence-corrected chi connectivity index (χ2v) is 7.27. The molecule has 164 valence electrons. The van der Waals surface area contributed by atoms with E-state index in [1.807, 2.05) is 31.2 Å². The molecular formula is C22H32IN5O2. The van der Waals surface area contributed by atoms with Crippen LogP contribution in [-0.4, -0.2) is 42.9 Å². The standard InChI is InChI=1S/C22H31N5O2.HI/c1-2-24-22(25-15-17-8-10-18(11-9-17)21(23)28)26-16-19(20-7-6-14-29-20)27-12-4-3-5-13-27;/h6-11,14,19H,2-5,12-13,15-16H2,1H3,(H2,23,28)(H2,24,25,26);1H. The Bertz CT molecular complexity index is 786. The van der Waals surface area contributed by atoms with E-state index < -0.39 is 5.91 Å². The molecule has 1 aliphatic heterocycles. The molecule has 4 N–H and O–H groups in total. The molecule has 1 aromatic heterocycles. The van der Waals surface area contributed by atoms with Gasteiger partial charge < -0.3 is 20.8 Å². The summed E-state index contributed by atoms with van der Waals surface area (Å²) in [6.07, 6.45) is 5.49. The second kappa shape index (κ2) is 12.6. The molecule has 8 heteroatoms. The molecule has 0 saturated carbocycles. The van der Waals surface area contributed by atoms with Crippen LogP contribution in [0.1, 0.15) is 53.9 Å². The number of amides is 1. The molecule has 0 spiro atoms. The van der Waals surface area contributed by atoms with Crippen LogP contribution in [0.3, 0.4) is 0 Å².